The van der Waals surface area contributed by atoms with Crippen molar-refractivity contribution in [2.24, 2.45) is 0 Å². The number of rotatable bonds is 2. The second-order valence-electron chi connectivity index (χ2n) is 3.03. The summed E-state index contributed by atoms with van der Waals surface area (Å²) in [5, 5.41) is -0.249. The Balaban J connectivity index is 4.51. The summed E-state index contributed by atoms with van der Waals surface area (Å²) in [6.45, 7) is 3.32. The molecule has 62 valence electrons. The normalized spacial score (nSPS) is 18.5. The highest BCUT2D eigenvalue weighted by Gasteiger charge is 2.35. The maximum atomic E-state index is 11.7. The van der Waals surface area contributed by atoms with E-state index in [2.05, 4.69) is 0 Å². The van der Waals surface area contributed by atoms with Crippen molar-refractivity contribution in [3.05, 3.63) is 0 Å². The Labute approximate surface area is 66.9 Å². The van der Waals surface area contributed by atoms with Crippen LogP contribution in [0.2, 0.25) is 0 Å². The molecule has 2 nitrogen and oxygen atoms in total. The van der Waals surface area contributed by atoms with Crippen LogP contribution in [0.1, 0.15) is 20.8 Å². The average molecular weight is 182 g/mol. The first-order chi connectivity index (χ1) is 4.37. The van der Waals surface area contributed by atoms with Crippen molar-refractivity contribution in [3.63, 3.8) is 0 Å². The summed E-state index contributed by atoms with van der Waals surface area (Å²) in [6.07, 6.45) is 1.82. The van der Waals surface area contributed by atoms with Gasteiger partial charge in [-0.15, -0.1) is 0 Å². The van der Waals surface area contributed by atoms with Crippen LogP contribution in [-0.2, 0) is 9.09 Å². The Morgan fingerprint density at radius 2 is 1.80 bits per heavy atom. The van der Waals surface area contributed by atoms with Crippen molar-refractivity contribution in [1.29, 1.82) is 0 Å². The Kier molecular flexibility index (Phi) is 3.47. The van der Waals surface area contributed by atoms with Crippen molar-refractivity contribution in [1.82, 2.24) is 0 Å². The molecule has 0 aliphatic heterocycles. The van der Waals surface area contributed by atoms with Gasteiger partial charge in [-0.25, -0.2) is 0 Å². The summed E-state index contributed by atoms with van der Waals surface area (Å²) in [5.41, 5.74) is 0. The van der Waals surface area contributed by atoms with Crippen molar-refractivity contribution in [2.75, 3.05) is 13.4 Å². The molecule has 0 N–H and O–H groups in total. The van der Waals surface area contributed by atoms with Crippen molar-refractivity contribution >= 4 is 18.0 Å². The largest absolute Gasteiger partial charge is 0.324 e. The monoisotopic (exact) mass is 182 g/mol. The molecule has 0 heterocycles. The molecule has 0 bridgehead atoms. The lowest BCUT2D eigenvalue weighted by molar-refractivity contribution is 0.388. The number of hydrogen-bond donors (Lipinski definition) is 0. The Morgan fingerprint density at radius 3 is 1.80 bits per heavy atom. The van der Waals surface area contributed by atoms with E-state index in [-0.39, 0.29) is 5.16 Å². The molecule has 0 aromatic rings. The third kappa shape index (κ3) is 2.01. The molecule has 0 radical (unpaired) electrons. The van der Waals surface area contributed by atoms with Gasteiger partial charge in [-0.1, -0.05) is 32.2 Å². The molecule has 10 heavy (non-hydrogen) atoms. The third-order valence-corrected chi connectivity index (χ3v) is 7.44. The van der Waals surface area contributed by atoms with Crippen LogP contribution < -0.4 is 0 Å². The highest BCUT2D eigenvalue weighted by molar-refractivity contribution is 8.56. The summed E-state index contributed by atoms with van der Waals surface area (Å²) in [7, 11) is 1.50. The summed E-state index contributed by atoms with van der Waals surface area (Å²) >= 11 is 1.31. The standard InChI is InChI=1S/C6H15O2PS/c1-6(2,3)9(7,8-4)10-5/h1-5H3/t9-/m1/s1. The van der Waals surface area contributed by atoms with Gasteiger partial charge in [-0.05, 0) is 6.26 Å². The highest BCUT2D eigenvalue weighted by atomic mass is 32.7. The van der Waals surface area contributed by atoms with Crippen LogP contribution in [0.25, 0.3) is 0 Å². The van der Waals surface area contributed by atoms with Crippen LogP contribution >= 0.6 is 18.0 Å². The fraction of sp³-hybridized carbons (Fsp3) is 1.00. The van der Waals surface area contributed by atoms with Crippen molar-refractivity contribution < 1.29 is 9.09 Å². The SMILES string of the molecule is CO[P@@](=O)(SC)C(C)(C)C. The first-order valence-electron chi connectivity index (χ1n) is 3.09. The van der Waals surface area contributed by atoms with Crippen molar-refractivity contribution in [3.8, 4) is 0 Å². The minimum absolute atomic E-state index is 0.249. The van der Waals surface area contributed by atoms with Crippen LogP contribution in [-0.4, -0.2) is 18.5 Å². The van der Waals surface area contributed by atoms with E-state index in [0.717, 1.165) is 0 Å². The highest BCUT2D eigenvalue weighted by Crippen LogP contribution is 2.66. The molecular weight excluding hydrogens is 167 g/mol. The predicted molar refractivity (Wildman–Crippen MR) is 47.9 cm³/mol. The van der Waals surface area contributed by atoms with Crippen LogP contribution in [0.5, 0.6) is 0 Å². The molecule has 0 aromatic carbocycles. The predicted octanol–water partition coefficient (Wildman–Crippen LogP) is 2.99. The van der Waals surface area contributed by atoms with Gasteiger partial charge in [0.25, 0.3) is 6.57 Å². The van der Waals surface area contributed by atoms with E-state index >= 15 is 0 Å². The third-order valence-electron chi connectivity index (χ3n) is 1.30. The molecule has 0 aliphatic rings. The second kappa shape index (κ2) is 3.29. The Bertz CT molecular complexity index is 142. The molecule has 0 unspecified atom stereocenters. The minimum Gasteiger partial charge on any atom is -0.324 e. The fourth-order valence-electron chi connectivity index (χ4n) is 0.622. The fourth-order valence-corrected chi connectivity index (χ4v) is 3.96. The lowest BCUT2D eigenvalue weighted by Gasteiger charge is -2.26. The quantitative estimate of drug-likeness (QED) is 0.614. The van der Waals surface area contributed by atoms with E-state index < -0.39 is 6.57 Å². The summed E-state index contributed by atoms with van der Waals surface area (Å²) in [4.78, 5) is 0. The van der Waals surface area contributed by atoms with Crippen molar-refractivity contribution in [2.45, 2.75) is 25.9 Å². The molecule has 0 rings (SSSR count). The molecule has 0 fully saturated rings. The van der Waals surface area contributed by atoms with E-state index in [1.165, 1.54) is 18.5 Å². The van der Waals surface area contributed by atoms with E-state index in [1.54, 1.807) is 0 Å². The van der Waals surface area contributed by atoms with Gasteiger partial charge in [0.1, 0.15) is 0 Å². The molecular formula is C6H15O2PS. The maximum Gasteiger partial charge on any atom is 0.262 e. The van der Waals surface area contributed by atoms with E-state index in [9.17, 15) is 4.57 Å². The van der Waals surface area contributed by atoms with Crippen LogP contribution in [0.4, 0.5) is 0 Å². The molecule has 0 saturated heterocycles. The van der Waals surface area contributed by atoms with Gasteiger partial charge in [0.15, 0.2) is 0 Å². The van der Waals surface area contributed by atoms with Gasteiger partial charge < -0.3 is 4.52 Å². The summed E-state index contributed by atoms with van der Waals surface area (Å²) in [5.74, 6) is 0. The number of hydrogen-bond acceptors (Lipinski definition) is 3. The minimum atomic E-state index is -2.45. The van der Waals surface area contributed by atoms with Gasteiger partial charge in [0.2, 0.25) is 0 Å². The topological polar surface area (TPSA) is 26.3 Å². The van der Waals surface area contributed by atoms with E-state index in [1.807, 2.05) is 27.0 Å². The lowest BCUT2D eigenvalue weighted by atomic mass is 10.3. The Hall–Kier alpha value is 0.540. The lowest BCUT2D eigenvalue weighted by Crippen LogP contribution is -2.13. The smallest absolute Gasteiger partial charge is 0.262 e. The van der Waals surface area contributed by atoms with Gasteiger partial charge in [-0.3, -0.25) is 4.57 Å². The van der Waals surface area contributed by atoms with Gasteiger partial charge in [0, 0.05) is 12.3 Å². The van der Waals surface area contributed by atoms with Crippen LogP contribution in [0.15, 0.2) is 0 Å². The molecule has 0 saturated carbocycles. The molecule has 0 aromatic heterocycles. The molecule has 0 amide bonds. The summed E-state index contributed by atoms with van der Waals surface area (Å²) < 4.78 is 16.7. The zero-order valence-electron chi connectivity index (χ0n) is 7.17. The molecule has 1 atom stereocenters. The molecule has 0 spiro atoms. The Morgan fingerprint density at radius 1 is 1.40 bits per heavy atom. The second-order valence-corrected chi connectivity index (χ2v) is 8.64. The van der Waals surface area contributed by atoms with Gasteiger partial charge in [0.05, 0.1) is 0 Å². The first kappa shape index (κ1) is 10.5. The van der Waals surface area contributed by atoms with Gasteiger partial charge in [-0.2, -0.15) is 0 Å². The van der Waals surface area contributed by atoms with E-state index in [0.29, 0.717) is 0 Å². The van der Waals surface area contributed by atoms with E-state index in [4.69, 9.17) is 4.52 Å². The maximum absolute atomic E-state index is 11.7. The zero-order chi connectivity index (χ0) is 8.41. The average Bonchev–Trinajstić information content (AvgIpc) is 1.84. The summed E-state index contributed by atoms with van der Waals surface area (Å²) in [6, 6.07) is 0. The van der Waals surface area contributed by atoms with Crippen LogP contribution in [0, 0.1) is 0 Å². The first-order valence-corrected chi connectivity index (χ1v) is 6.54. The van der Waals surface area contributed by atoms with Crippen LogP contribution in [0.3, 0.4) is 0 Å². The zero-order valence-corrected chi connectivity index (χ0v) is 8.88. The molecule has 4 heteroatoms. The molecule has 0 aliphatic carbocycles. The van der Waals surface area contributed by atoms with Gasteiger partial charge >= 0.3 is 0 Å².